The Kier molecular flexibility index (Phi) is 3.30. The second-order valence-corrected chi connectivity index (χ2v) is 4.21. The molecule has 2 aromatic carbocycles. The van der Waals surface area contributed by atoms with Gasteiger partial charge < -0.3 is 11.2 Å². The van der Waals surface area contributed by atoms with Gasteiger partial charge in [-0.1, -0.05) is 24.3 Å². The first-order chi connectivity index (χ1) is 8.15. The van der Waals surface area contributed by atoms with E-state index in [1.807, 2.05) is 43.4 Å². The number of anilines is 2. The van der Waals surface area contributed by atoms with Crippen LogP contribution >= 0.6 is 0 Å². The number of hydrogen-bond acceptors (Lipinski definition) is 3. The van der Waals surface area contributed by atoms with E-state index >= 15 is 0 Å². The van der Waals surface area contributed by atoms with Gasteiger partial charge in [-0.15, -0.1) is 0 Å². The zero-order valence-corrected chi connectivity index (χ0v) is 10.1. The largest absolute Gasteiger partial charge is 0.399 e. The van der Waals surface area contributed by atoms with Crippen LogP contribution in [0.1, 0.15) is 0 Å². The second-order valence-electron chi connectivity index (χ2n) is 4.21. The summed E-state index contributed by atoms with van der Waals surface area (Å²) >= 11 is 0. The van der Waals surface area contributed by atoms with Gasteiger partial charge in [0.1, 0.15) is 0 Å². The maximum absolute atomic E-state index is 5.67. The van der Waals surface area contributed by atoms with Crippen molar-refractivity contribution in [3.8, 4) is 11.1 Å². The van der Waals surface area contributed by atoms with E-state index in [0.29, 0.717) is 0 Å². The lowest BCUT2D eigenvalue weighted by Crippen LogP contribution is -2.19. The first kappa shape index (κ1) is 11.5. The lowest BCUT2D eigenvalue weighted by Gasteiger charge is -2.13. The Balaban J connectivity index is 2.20. The Morgan fingerprint density at radius 3 is 1.76 bits per heavy atom. The quantitative estimate of drug-likeness (QED) is 0.626. The smallest absolute Gasteiger partial charge is 0.0490 e. The molecule has 2 rings (SSSR count). The minimum absolute atomic E-state index is 0.791. The molecule has 0 aromatic heterocycles. The summed E-state index contributed by atoms with van der Waals surface area (Å²) in [6, 6.07) is 16.2. The summed E-state index contributed by atoms with van der Waals surface area (Å²) in [5, 5.41) is 1.91. The number of hydrogen-bond donors (Lipinski definition) is 2. The van der Waals surface area contributed by atoms with Crippen molar-refractivity contribution in [2.75, 3.05) is 25.3 Å². The lowest BCUT2D eigenvalue weighted by molar-refractivity contribution is 0.495. The van der Waals surface area contributed by atoms with Crippen molar-refractivity contribution < 1.29 is 0 Å². The summed E-state index contributed by atoms with van der Waals surface area (Å²) in [7, 11) is 3.93. The molecule has 0 fully saturated rings. The van der Waals surface area contributed by atoms with Crippen molar-refractivity contribution >= 4 is 11.4 Å². The Morgan fingerprint density at radius 1 is 0.824 bits per heavy atom. The average molecular weight is 227 g/mol. The van der Waals surface area contributed by atoms with Crippen LogP contribution in [0.25, 0.3) is 11.1 Å². The van der Waals surface area contributed by atoms with Crippen LogP contribution in [0.5, 0.6) is 0 Å². The number of nitrogen functional groups attached to an aromatic ring is 1. The van der Waals surface area contributed by atoms with E-state index < -0.39 is 0 Å². The fraction of sp³-hybridized carbons (Fsp3) is 0.143. The minimum Gasteiger partial charge on any atom is -0.399 e. The summed E-state index contributed by atoms with van der Waals surface area (Å²) in [4.78, 5) is 0. The molecule has 0 aliphatic heterocycles. The van der Waals surface area contributed by atoms with Gasteiger partial charge in [0.05, 0.1) is 0 Å². The summed E-state index contributed by atoms with van der Waals surface area (Å²) in [5.74, 6) is 0. The third kappa shape index (κ3) is 2.98. The molecular formula is C14H17N3. The van der Waals surface area contributed by atoms with Gasteiger partial charge in [0.15, 0.2) is 0 Å². The number of hydrazine groups is 1. The molecular weight excluding hydrogens is 210 g/mol. The van der Waals surface area contributed by atoms with Crippen molar-refractivity contribution in [1.82, 2.24) is 5.01 Å². The number of nitrogens with zero attached hydrogens (tertiary/aromatic N) is 1. The molecule has 0 aliphatic carbocycles. The fourth-order valence-electron chi connectivity index (χ4n) is 1.67. The van der Waals surface area contributed by atoms with Crippen LogP contribution in [-0.2, 0) is 0 Å². The van der Waals surface area contributed by atoms with E-state index in [0.717, 1.165) is 11.4 Å². The van der Waals surface area contributed by atoms with E-state index in [4.69, 9.17) is 5.73 Å². The van der Waals surface area contributed by atoms with Crippen LogP contribution in [0.15, 0.2) is 48.5 Å². The van der Waals surface area contributed by atoms with Crippen molar-refractivity contribution in [3.63, 3.8) is 0 Å². The number of rotatable bonds is 3. The summed E-state index contributed by atoms with van der Waals surface area (Å²) in [5.41, 5.74) is 13.1. The molecule has 0 heterocycles. The molecule has 0 amide bonds. The van der Waals surface area contributed by atoms with E-state index in [1.165, 1.54) is 11.1 Å². The van der Waals surface area contributed by atoms with Crippen LogP contribution in [0.4, 0.5) is 11.4 Å². The normalized spacial score (nSPS) is 10.5. The SMILES string of the molecule is CN(C)Nc1ccc(-c2ccc(N)cc2)cc1. The van der Waals surface area contributed by atoms with Crippen LogP contribution in [0.3, 0.4) is 0 Å². The van der Waals surface area contributed by atoms with Gasteiger partial charge in [-0.25, -0.2) is 5.01 Å². The molecule has 0 aliphatic rings. The third-order valence-corrected chi connectivity index (χ3v) is 2.48. The first-order valence-corrected chi connectivity index (χ1v) is 5.55. The van der Waals surface area contributed by atoms with Crippen LogP contribution in [0.2, 0.25) is 0 Å². The van der Waals surface area contributed by atoms with Crippen molar-refractivity contribution in [2.24, 2.45) is 0 Å². The van der Waals surface area contributed by atoms with E-state index in [1.54, 1.807) is 0 Å². The third-order valence-electron chi connectivity index (χ3n) is 2.48. The standard InChI is InChI=1S/C14H17N3/c1-17(2)16-14-9-5-12(6-10-14)11-3-7-13(15)8-4-11/h3-10,16H,15H2,1-2H3. The highest BCUT2D eigenvalue weighted by molar-refractivity contribution is 5.67. The topological polar surface area (TPSA) is 41.3 Å². The number of benzene rings is 2. The van der Waals surface area contributed by atoms with Gasteiger partial charge >= 0.3 is 0 Å². The van der Waals surface area contributed by atoms with E-state index in [9.17, 15) is 0 Å². The summed E-state index contributed by atoms with van der Waals surface area (Å²) in [6.07, 6.45) is 0. The second kappa shape index (κ2) is 4.89. The molecule has 0 saturated carbocycles. The molecule has 3 N–H and O–H groups in total. The molecule has 0 saturated heterocycles. The Hall–Kier alpha value is -2.00. The zero-order chi connectivity index (χ0) is 12.3. The van der Waals surface area contributed by atoms with Gasteiger partial charge in [0, 0.05) is 25.5 Å². The Bertz CT molecular complexity index is 472. The molecule has 2 aromatic rings. The average Bonchev–Trinajstić information content (AvgIpc) is 2.30. The summed E-state index contributed by atoms with van der Waals surface area (Å²) < 4.78 is 0. The van der Waals surface area contributed by atoms with Crippen LogP contribution < -0.4 is 11.2 Å². The Labute approximate surface area is 102 Å². The highest BCUT2D eigenvalue weighted by Crippen LogP contribution is 2.22. The monoisotopic (exact) mass is 227 g/mol. The minimum atomic E-state index is 0.791. The molecule has 0 bridgehead atoms. The number of nitrogens with two attached hydrogens (primary N) is 1. The predicted octanol–water partition coefficient (Wildman–Crippen LogP) is 2.82. The molecule has 0 spiro atoms. The molecule has 0 radical (unpaired) electrons. The molecule has 88 valence electrons. The van der Waals surface area contributed by atoms with E-state index in [2.05, 4.69) is 29.7 Å². The molecule has 17 heavy (non-hydrogen) atoms. The van der Waals surface area contributed by atoms with Gasteiger partial charge in [-0.05, 0) is 35.4 Å². The maximum atomic E-state index is 5.67. The van der Waals surface area contributed by atoms with Gasteiger partial charge in [-0.2, -0.15) is 0 Å². The van der Waals surface area contributed by atoms with Crippen molar-refractivity contribution in [2.45, 2.75) is 0 Å². The van der Waals surface area contributed by atoms with Gasteiger partial charge in [0.2, 0.25) is 0 Å². The fourth-order valence-corrected chi connectivity index (χ4v) is 1.67. The maximum Gasteiger partial charge on any atom is 0.0490 e. The van der Waals surface area contributed by atoms with Crippen LogP contribution in [-0.4, -0.2) is 19.1 Å². The van der Waals surface area contributed by atoms with Crippen molar-refractivity contribution in [1.29, 1.82) is 0 Å². The Morgan fingerprint density at radius 2 is 1.29 bits per heavy atom. The van der Waals surface area contributed by atoms with Crippen LogP contribution in [0, 0.1) is 0 Å². The molecule has 0 unspecified atom stereocenters. The van der Waals surface area contributed by atoms with Crippen molar-refractivity contribution in [3.05, 3.63) is 48.5 Å². The highest BCUT2D eigenvalue weighted by atomic mass is 15.5. The van der Waals surface area contributed by atoms with E-state index in [-0.39, 0.29) is 0 Å². The zero-order valence-electron chi connectivity index (χ0n) is 10.1. The molecule has 3 nitrogen and oxygen atoms in total. The summed E-state index contributed by atoms with van der Waals surface area (Å²) in [6.45, 7) is 0. The predicted molar refractivity (Wildman–Crippen MR) is 73.6 cm³/mol. The molecule has 3 heteroatoms. The number of nitrogens with one attached hydrogen (secondary N) is 1. The first-order valence-electron chi connectivity index (χ1n) is 5.55. The highest BCUT2D eigenvalue weighted by Gasteiger charge is 1.98. The van der Waals surface area contributed by atoms with Gasteiger partial charge in [0.25, 0.3) is 0 Å². The van der Waals surface area contributed by atoms with Gasteiger partial charge in [-0.3, -0.25) is 0 Å². The molecule has 0 atom stereocenters. The lowest BCUT2D eigenvalue weighted by atomic mass is 10.1.